The highest BCUT2D eigenvalue weighted by Crippen LogP contribution is 2.37. The number of fused-ring (bicyclic) bond motifs is 1. The highest BCUT2D eigenvalue weighted by atomic mass is 32.2. The molecule has 2 heterocycles. The van der Waals surface area contributed by atoms with Crippen LogP contribution in [0.3, 0.4) is 0 Å². The van der Waals surface area contributed by atoms with Crippen LogP contribution in [0.1, 0.15) is 45.7 Å². The molecule has 0 aromatic heterocycles. The van der Waals surface area contributed by atoms with E-state index in [1.54, 1.807) is 24.3 Å². The summed E-state index contributed by atoms with van der Waals surface area (Å²) in [5.74, 6) is -0.179. The van der Waals surface area contributed by atoms with Crippen LogP contribution in [0.2, 0.25) is 0 Å². The number of rotatable bonds is 5. The van der Waals surface area contributed by atoms with Gasteiger partial charge in [0.05, 0.1) is 24.5 Å². The molecule has 0 radical (unpaired) electrons. The van der Waals surface area contributed by atoms with Gasteiger partial charge in [-0.15, -0.1) is 4.40 Å². The Morgan fingerprint density at radius 3 is 2.44 bits per heavy atom. The third kappa shape index (κ3) is 4.23. The zero-order chi connectivity index (χ0) is 24.9. The Morgan fingerprint density at radius 1 is 1.15 bits per heavy atom. The molecule has 2 aliphatic rings. The molecule has 2 aromatic carbocycles. The van der Waals surface area contributed by atoms with E-state index in [1.165, 1.54) is 30.5 Å². The van der Waals surface area contributed by atoms with Crippen molar-refractivity contribution in [2.45, 2.75) is 50.7 Å². The summed E-state index contributed by atoms with van der Waals surface area (Å²) in [4.78, 5) is 0.0758. The van der Waals surface area contributed by atoms with E-state index in [-0.39, 0.29) is 16.5 Å². The van der Waals surface area contributed by atoms with Crippen LogP contribution in [0.4, 0.5) is 4.39 Å². The SMILES string of the molecule is CCN(/N=C/c1ccc(F)c(OC)c1)C1=NS(=O)(=O)c2cc(B3OC(C)(C)C(C)(C)O3)ccc21. The highest BCUT2D eigenvalue weighted by molar-refractivity contribution is 7.90. The van der Waals surface area contributed by atoms with Crippen molar-refractivity contribution in [3.63, 3.8) is 0 Å². The van der Waals surface area contributed by atoms with E-state index in [0.29, 0.717) is 23.1 Å². The van der Waals surface area contributed by atoms with E-state index < -0.39 is 34.2 Å². The molecule has 0 unspecified atom stereocenters. The quantitative estimate of drug-likeness (QED) is 0.366. The van der Waals surface area contributed by atoms with Crippen molar-refractivity contribution < 1.29 is 26.9 Å². The van der Waals surface area contributed by atoms with Gasteiger partial charge in [0.15, 0.2) is 17.4 Å². The van der Waals surface area contributed by atoms with Crippen molar-refractivity contribution in [2.24, 2.45) is 9.50 Å². The Hall–Kier alpha value is -2.76. The first-order chi connectivity index (χ1) is 15.9. The topological polar surface area (TPSA) is 89.8 Å². The molecule has 0 bridgehead atoms. The summed E-state index contributed by atoms with van der Waals surface area (Å²) in [6.07, 6.45) is 1.50. The lowest BCUT2D eigenvalue weighted by Crippen LogP contribution is -2.41. The number of halogens is 1. The minimum Gasteiger partial charge on any atom is -0.494 e. The molecule has 0 aliphatic carbocycles. The average Bonchev–Trinajstić information content (AvgIpc) is 3.17. The number of hydrazone groups is 1. The van der Waals surface area contributed by atoms with Crippen LogP contribution in [0.5, 0.6) is 5.75 Å². The van der Waals surface area contributed by atoms with Crippen LogP contribution < -0.4 is 10.2 Å². The number of hydrogen-bond acceptors (Lipinski definition) is 7. The molecule has 0 atom stereocenters. The number of methoxy groups -OCH3 is 1. The van der Waals surface area contributed by atoms with Gasteiger partial charge in [0.2, 0.25) is 0 Å². The van der Waals surface area contributed by atoms with Crippen molar-refractivity contribution >= 4 is 34.7 Å². The second-order valence-electron chi connectivity index (χ2n) is 9.09. The molecule has 4 rings (SSSR count). The Morgan fingerprint density at radius 2 is 1.82 bits per heavy atom. The van der Waals surface area contributed by atoms with Gasteiger partial charge >= 0.3 is 7.12 Å². The maximum atomic E-state index is 13.7. The maximum absolute atomic E-state index is 13.7. The van der Waals surface area contributed by atoms with Crippen molar-refractivity contribution in [2.75, 3.05) is 13.7 Å². The van der Waals surface area contributed by atoms with Crippen LogP contribution in [0.15, 0.2) is 50.8 Å². The average molecular weight is 487 g/mol. The standard InChI is InChI=1S/C23H27BFN3O5S/c1-7-28(26-14-15-8-11-18(25)19(12-15)31-6)21-17-10-9-16(13-20(17)34(29,30)27-21)24-32-22(2,3)23(4,5)33-24/h8-14H,7H2,1-6H3/b26-14+. The van der Waals surface area contributed by atoms with Gasteiger partial charge in [0, 0.05) is 12.1 Å². The van der Waals surface area contributed by atoms with E-state index in [0.717, 1.165) is 0 Å². The predicted octanol–water partition coefficient (Wildman–Crippen LogP) is 2.94. The van der Waals surface area contributed by atoms with Gasteiger partial charge in [-0.05, 0) is 63.8 Å². The lowest BCUT2D eigenvalue weighted by molar-refractivity contribution is 0.00578. The largest absolute Gasteiger partial charge is 0.494 e. The van der Waals surface area contributed by atoms with Crippen LogP contribution >= 0.6 is 0 Å². The highest BCUT2D eigenvalue weighted by Gasteiger charge is 2.52. The lowest BCUT2D eigenvalue weighted by Gasteiger charge is -2.32. The Bertz CT molecular complexity index is 1280. The van der Waals surface area contributed by atoms with Crippen molar-refractivity contribution in [3.05, 3.63) is 53.3 Å². The fourth-order valence-electron chi connectivity index (χ4n) is 3.64. The summed E-state index contributed by atoms with van der Waals surface area (Å²) >= 11 is 0. The number of nitrogens with zero attached hydrogens (tertiary/aromatic N) is 3. The summed E-state index contributed by atoms with van der Waals surface area (Å²) in [6, 6.07) is 9.35. The van der Waals surface area contributed by atoms with E-state index in [4.69, 9.17) is 14.0 Å². The second-order valence-corrected chi connectivity index (χ2v) is 10.7. The number of benzene rings is 2. The third-order valence-corrected chi connectivity index (χ3v) is 7.63. The monoisotopic (exact) mass is 487 g/mol. The third-order valence-electron chi connectivity index (χ3n) is 6.32. The molecule has 1 saturated heterocycles. The molecular formula is C23H27BFN3O5S. The van der Waals surface area contributed by atoms with Crippen LogP contribution in [0, 0.1) is 5.82 Å². The van der Waals surface area contributed by atoms with E-state index in [2.05, 4.69) is 9.50 Å². The smallest absolute Gasteiger partial charge is 0.494 e. The van der Waals surface area contributed by atoms with Crippen molar-refractivity contribution in [1.29, 1.82) is 0 Å². The minimum atomic E-state index is -3.93. The molecule has 2 aliphatic heterocycles. The van der Waals surface area contributed by atoms with Crippen LogP contribution in [-0.2, 0) is 19.3 Å². The number of sulfonamides is 1. The maximum Gasteiger partial charge on any atom is 0.494 e. The summed E-state index contributed by atoms with van der Waals surface area (Å²) in [5, 5.41) is 5.87. The van der Waals surface area contributed by atoms with Crippen molar-refractivity contribution in [3.8, 4) is 5.75 Å². The molecule has 0 saturated carbocycles. The molecule has 1 fully saturated rings. The first-order valence-corrected chi connectivity index (χ1v) is 12.3. The van der Waals surface area contributed by atoms with Gasteiger partial charge in [-0.1, -0.05) is 18.2 Å². The Kier molecular flexibility index (Phi) is 6.08. The molecule has 0 amide bonds. The van der Waals surface area contributed by atoms with Crippen LogP contribution in [-0.4, -0.2) is 57.5 Å². The summed E-state index contributed by atoms with van der Waals surface area (Å²) in [6.45, 7) is 9.94. The normalized spacial score (nSPS) is 19.9. The molecule has 11 heteroatoms. The van der Waals surface area contributed by atoms with Gasteiger partial charge in [0.1, 0.15) is 4.90 Å². The number of ether oxygens (including phenoxy) is 1. The summed E-state index contributed by atoms with van der Waals surface area (Å²) in [5.41, 5.74) is 0.537. The molecule has 0 spiro atoms. The Labute approximate surface area is 199 Å². The van der Waals surface area contributed by atoms with E-state index in [9.17, 15) is 12.8 Å². The summed E-state index contributed by atoms with van der Waals surface area (Å²) < 4.78 is 60.6. The molecule has 8 nitrogen and oxygen atoms in total. The second kappa shape index (κ2) is 8.48. The molecule has 0 N–H and O–H groups in total. The summed E-state index contributed by atoms with van der Waals surface area (Å²) in [7, 11) is -3.24. The van der Waals surface area contributed by atoms with Crippen molar-refractivity contribution in [1.82, 2.24) is 5.01 Å². The molecule has 34 heavy (non-hydrogen) atoms. The zero-order valence-corrected chi connectivity index (χ0v) is 20.8. The van der Waals surface area contributed by atoms with E-state index in [1.807, 2.05) is 34.6 Å². The molecule has 180 valence electrons. The van der Waals surface area contributed by atoms with Gasteiger partial charge in [-0.3, -0.25) is 0 Å². The predicted molar refractivity (Wildman–Crippen MR) is 129 cm³/mol. The van der Waals surface area contributed by atoms with Crippen LogP contribution in [0.25, 0.3) is 0 Å². The van der Waals surface area contributed by atoms with Gasteiger partial charge in [0.25, 0.3) is 10.0 Å². The number of amidine groups is 1. The first-order valence-electron chi connectivity index (χ1n) is 10.9. The molecular weight excluding hydrogens is 460 g/mol. The minimum absolute atomic E-state index is 0.0758. The first kappa shape index (κ1) is 24.4. The number of hydrogen-bond donors (Lipinski definition) is 0. The molecule has 2 aromatic rings. The lowest BCUT2D eigenvalue weighted by atomic mass is 9.79. The van der Waals surface area contributed by atoms with Gasteiger partial charge in [-0.2, -0.15) is 13.5 Å². The van der Waals surface area contributed by atoms with E-state index >= 15 is 0 Å². The fourth-order valence-corrected chi connectivity index (χ4v) is 4.88. The fraction of sp³-hybridized carbons (Fsp3) is 0.391. The van der Waals surface area contributed by atoms with Gasteiger partial charge < -0.3 is 14.0 Å². The zero-order valence-electron chi connectivity index (χ0n) is 20.0. The Balaban J connectivity index is 1.64. The van der Waals surface area contributed by atoms with Gasteiger partial charge in [-0.25, -0.2) is 9.40 Å².